The summed E-state index contributed by atoms with van der Waals surface area (Å²) in [4.78, 5) is 8.48. The van der Waals surface area contributed by atoms with Crippen LogP contribution in [0.3, 0.4) is 0 Å². The highest BCUT2D eigenvalue weighted by atomic mass is 16.5. The summed E-state index contributed by atoms with van der Waals surface area (Å²) in [6.45, 7) is 3.35. The molecule has 23 heavy (non-hydrogen) atoms. The molecule has 0 aromatic carbocycles. The maximum atomic E-state index is 5.59. The van der Waals surface area contributed by atoms with Crippen molar-refractivity contribution in [2.75, 3.05) is 40.5 Å². The molecular formula is C16H26N4O3. The Bertz CT molecular complexity index is 473. The molecule has 1 aliphatic heterocycles. The second kappa shape index (κ2) is 10.0. The number of guanidine groups is 1. The van der Waals surface area contributed by atoms with Gasteiger partial charge in [-0.1, -0.05) is 6.07 Å². The highest BCUT2D eigenvalue weighted by Gasteiger charge is 2.15. The molecule has 1 saturated heterocycles. The third-order valence-electron chi connectivity index (χ3n) is 3.54. The SMILES string of the molecule is CN=C(NCc1ccc(OCCOC)nc1)NCC1CCCO1. The first-order valence-electron chi connectivity index (χ1n) is 7.94. The van der Waals surface area contributed by atoms with Gasteiger partial charge in [-0.25, -0.2) is 4.98 Å². The van der Waals surface area contributed by atoms with E-state index in [9.17, 15) is 0 Å². The van der Waals surface area contributed by atoms with Crippen LogP contribution in [0, 0.1) is 0 Å². The number of rotatable bonds is 8. The van der Waals surface area contributed by atoms with Gasteiger partial charge < -0.3 is 24.8 Å². The Balaban J connectivity index is 1.70. The summed E-state index contributed by atoms with van der Waals surface area (Å²) in [5.74, 6) is 1.37. The van der Waals surface area contributed by atoms with Crippen LogP contribution >= 0.6 is 0 Å². The maximum Gasteiger partial charge on any atom is 0.213 e. The van der Waals surface area contributed by atoms with Crippen LogP contribution in [-0.4, -0.2) is 57.6 Å². The second-order valence-corrected chi connectivity index (χ2v) is 5.29. The van der Waals surface area contributed by atoms with Gasteiger partial charge in [0, 0.05) is 46.1 Å². The molecule has 0 aliphatic carbocycles. The zero-order chi connectivity index (χ0) is 16.3. The number of hydrogen-bond donors (Lipinski definition) is 2. The standard InChI is InChI=1S/C16H26N4O3/c1-17-16(20-12-14-4-3-7-22-14)19-11-13-5-6-15(18-10-13)23-9-8-21-2/h5-6,10,14H,3-4,7-9,11-12H2,1-2H3,(H2,17,19,20). The lowest BCUT2D eigenvalue weighted by atomic mass is 10.2. The molecule has 1 fully saturated rings. The first-order valence-corrected chi connectivity index (χ1v) is 7.94. The van der Waals surface area contributed by atoms with E-state index >= 15 is 0 Å². The van der Waals surface area contributed by atoms with Gasteiger partial charge in [0.15, 0.2) is 5.96 Å². The summed E-state index contributed by atoms with van der Waals surface area (Å²) in [6, 6.07) is 3.84. The van der Waals surface area contributed by atoms with E-state index in [0.717, 1.165) is 37.5 Å². The smallest absolute Gasteiger partial charge is 0.213 e. The average molecular weight is 322 g/mol. The lowest BCUT2D eigenvalue weighted by Gasteiger charge is -2.15. The molecule has 1 aliphatic rings. The molecule has 7 nitrogen and oxygen atoms in total. The quantitative estimate of drug-likeness (QED) is 0.422. The third kappa shape index (κ3) is 6.42. The fourth-order valence-electron chi connectivity index (χ4n) is 2.25. The maximum absolute atomic E-state index is 5.59. The topological polar surface area (TPSA) is 77.0 Å². The number of hydrogen-bond acceptors (Lipinski definition) is 5. The van der Waals surface area contributed by atoms with Gasteiger partial charge in [-0.15, -0.1) is 0 Å². The lowest BCUT2D eigenvalue weighted by Crippen LogP contribution is -2.40. The minimum atomic E-state index is 0.291. The predicted molar refractivity (Wildman–Crippen MR) is 88.8 cm³/mol. The predicted octanol–water partition coefficient (Wildman–Crippen LogP) is 0.951. The molecule has 0 amide bonds. The van der Waals surface area contributed by atoms with Crippen LogP contribution in [0.4, 0.5) is 0 Å². The number of nitrogens with one attached hydrogen (secondary N) is 2. The average Bonchev–Trinajstić information content (AvgIpc) is 3.10. The number of ether oxygens (including phenoxy) is 3. The van der Waals surface area contributed by atoms with Crippen molar-refractivity contribution in [2.45, 2.75) is 25.5 Å². The lowest BCUT2D eigenvalue weighted by molar-refractivity contribution is 0.114. The van der Waals surface area contributed by atoms with E-state index in [1.54, 1.807) is 20.4 Å². The minimum Gasteiger partial charge on any atom is -0.475 e. The van der Waals surface area contributed by atoms with Crippen LogP contribution < -0.4 is 15.4 Å². The van der Waals surface area contributed by atoms with Gasteiger partial charge >= 0.3 is 0 Å². The molecule has 7 heteroatoms. The Morgan fingerprint density at radius 3 is 2.96 bits per heavy atom. The van der Waals surface area contributed by atoms with E-state index in [1.165, 1.54) is 0 Å². The third-order valence-corrected chi connectivity index (χ3v) is 3.54. The minimum absolute atomic E-state index is 0.291. The number of aliphatic imine (C=N–C) groups is 1. The Morgan fingerprint density at radius 2 is 2.30 bits per heavy atom. The molecular weight excluding hydrogens is 296 g/mol. The molecule has 2 N–H and O–H groups in total. The van der Waals surface area contributed by atoms with E-state index in [2.05, 4.69) is 20.6 Å². The number of nitrogens with zero attached hydrogens (tertiary/aromatic N) is 2. The van der Waals surface area contributed by atoms with E-state index in [0.29, 0.717) is 31.7 Å². The second-order valence-electron chi connectivity index (χ2n) is 5.29. The number of pyridine rings is 1. The molecule has 1 unspecified atom stereocenters. The largest absolute Gasteiger partial charge is 0.475 e. The molecule has 2 rings (SSSR count). The fraction of sp³-hybridized carbons (Fsp3) is 0.625. The summed E-state index contributed by atoms with van der Waals surface area (Å²) in [5, 5.41) is 6.55. The molecule has 1 aromatic heterocycles. The monoisotopic (exact) mass is 322 g/mol. The Hall–Kier alpha value is -1.86. The molecule has 1 aromatic rings. The molecule has 0 radical (unpaired) electrons. The summed E-state index contributed by atoms with van der Waals surface area (Å²) >= 11 is 0. The van der Waals surface area contributed by atoms with Crippen LogP contribution in [0.1, 0.15) is 18.4 Å². The fourth-order valence-corrected chi connectivity index (χ4v) is 2.25. The first kappa shape index (κ1) is 17.5. The van der Waals surface area contributed by atoms with Crippen LogP contribution in [0.15, 0.2) is 23.3 Å². The Morgan fingerprint density at radius 1 is 1.39 bits per heavy atom. The Labute approximate surface area is 137 Å². The van der Waals surface area contributed by atoms with Gasteiger partial charge in [-0.2, -0.15) is 0 Å². The summed E-state index contributed by atoms with van der Waals surface area (Å²) in [6.07, 6.45) is 4.34. The van der Waals surface area contributed by atoms with Gasteiger partial charge in [-0.05, 0) is 18.4 Å². The van der Waals surface area contributed by atoms with Crippen LogP contribution in [0.25, 0.3) is 0 Å². The van der Waals surface area contributed by atoms with Gasteiger partial charge in [0.25, 0.3) is 0 Å². The van der Waals surface area contributed by atoms with Gasteiger partial charge in [0.2, 0.25) is 5.88 Å². The van der Waals surface area contributed by atoms with Crippen molar-refractivity contribution in [1.29, 1.82) is 0 Å². The molecule has 0 spiro atoms. The van der Waals surface area contributed by atoms with Gasteiger partial charge in [0.05, 0.1) is 12.7 Å². The van der Waals surface area contributed by atoms with Crippen LogP contribution in [0.2, 0.25) is 0 Å². The van der Waals surface area contributed by atoms with Gasteiger partial charge in [-0.3, -0.25) is 4.99 Å². The van der Waals surface area contributed by atoms with Crippen molar-refractivity contribution in [1.82, 2.24) is 15.6 Å². The van der Waals surface area contributed by atoms with Crippen molar-refractivity contribution in [3.05, 3.63) is 23.9 Å². The summed E-state index contributed by atoms with van der Waals surface area (Å²) < 4.78 is 16.0. The van der Waals surface area contributed by atoms with Crippen molar-refractivity contribution in [3.63, 3.8) is 0 Å². The van der Waals surface area contributed by atoms with Crippen molar-refractivity contribution >= 4 is 5.96 Å². The zero-order valence-corrected chi connectivity index (χ0v) is 13.9. The van der Waals surface area contributed by atoms with E-state index in [4.69, 9.17) is 14.2 Å². The van der Waals surface area contributed by atoms with Gasteiger partial charge in [0.1, 0.15) is 6.61 Å². The number of aromatic nitrogens is 1. The van der Waals surface area contributed by atoms with Crippen molar-refractivity contribution < 1.29 is 14.2 Å². The molecule has 128 valence electrons. The highest BCUT2D eigenvalue weighted by Crippen LogP contribution is 2.10. The van der Waals surface area contributed by atoms with Crippen molar-refractivity contribution in [2.24, 2.45) is 4.99 Å². The molecule has 0 saturated carbocycles. The number of methoxy groups -OCH3 is 1. The Kier molecular flexibility index (Phi) is 7.62. The van der Waals surface area contributed by atoms with E-state index in [1.807, 2.05) is 12.1 Å². The first-order chi connectivity index (χ1) is 11.3. The zero-order valence-electron chi connectivity index (χ0n) is 13.9. The van der Waals surface area contributed by atoms with E-state index < -0.39 is 0 Å². The summed E-state index contributed by atoms with van der Waals surface area (Å²) in [7, 11) is 3.40. The molecule has 0 bridgehead atoms. The van der Waals surface area contributed by atoms with Crippen LogP contribution in [-0.2, 0) is 16.0 Å². The molecule has 2 heterocycles. The highest BCUT2D eigenvalue weighted by molar-refractivity contribution is 5.79. The van der Waals surface area contributed by atoms with E-state index in [-0.39, 0.29) is 0 Å². The van der Waals surface area contributed by atoms with Crippen LogP contribution in [0.5, 0.6) is 5.88 Å². The normalized spacial score (nSPS) is 18.0. The van der Waals surface area contributed by atoms with Crippen molar-refractivity contribution in [3.8, 4) is 5.88 Å². The summed E-state index contributed by atoms with van der Waals surface area (Å²) in [5.41, 5.74) is 1.06. The molecule has 1 atom stereocenters.